The molecule has 0 N–H and O–H groups in total. The molecular weight excluding hydrogens is 787 g/mol. The Hall–Kier alpha value is -8.66. The first-order valence-electron chi connectivity index (χ1n) is 24.3. The van der Waals surface area contributed by atoms with Crippen LogP contribution in [0, 0.1) is 0 Å². The maximum atomic E-state index is 8.72. The molecule has 12 aromatic rings. The number of nitrogens with zero attached hydrogens (tertiary/aromatic N) is 3. The molecule has 0 aliphatic rings. The fourth-order valence-electron chi connectivity index (χ4n) is 9.37. The van der Waals surface area contributed by atoms with Crippen molar-refractivity contribution < 1.29 is 6.85 Å². The summed E-state index contributed by atoms with van der Waals surface area (Å²) < 4.78 is 44.7. The predicted molar refractivity (Wildman–Crippen MR) is 276 cm³/mol. The van der Waals surface area contributed by atoms with Gasteiger partial charge in [0.25, 0.3) is 0 Å². The van der Waals surface area contributed by atoms with Crippen molar-refractivity contribution in [3.05, 3.63) is 261 Å². The van der Waals surface area contributed by atoms with E-state index in [1.54, 1.807) is 0 Å². The average molecular weight is 835 g/mol. The maximum absolute atomic E-state index is 8.72. The first-order chi connectivity index (χ1) is 34.3. The highest BCUT2D eigenvalue weighted by Gasteiger charge is 2.20. The molecule has 0 radical (unpaired) electrons. The number of benzene rings is 11. The van der Waals surface area contributed by atoms with Gasteiger partial charge in [-0.1, -0.05) is 170 Å². The Labute approximate surface area is 386 Å². The molecule has 0 aliphatic heterocycles. The Morgan fingerprint density at radius 3 is 1.72 bits per heavy atom. The molecular formula is C62H43N3. The molecule has 0 atom stereocenters. The van der Waals surface area contributed by atoms with E-state index in [9.17, 15) is 0 Å². The zero-order valence-corrected chi connectivity index (χ0v) is 35.3. The molecule has 0 saturated heterocycles. The van der Waals surface area contributed by atoms with Crippen LogP contribution < -0.4 is 9.80 Å². The number of rotatable bonds is 9. The summed E-state index contributed by atoms with van der Waals surface area (Å²) >= 11 is 0. The second-order valence-electron chi connectivity index (χ2n) is 16.2. The van der Waals surface area contributed by atoms with Gasteiger partial charge in [0.2, 0.25) is 0 Å². The van der Waals surface area contributed by atoms with Crippen LogP contribution in [0.4, 0.5) is 34.1 Å². The Balaban J connectivity index is 1.01. The van der Waals surface area contributed by atoms with E-state index in [-0.39, 0.29) is 29.7 Å². The van der Waals surface area contributed by atoms with Gasteiger partial charge >= 0.3 is 0 Å². The summed E-state index contributed by atoms with van der Waals surface area (Å²) in [4.78, 5) is 4.51. The molecule has 0 saturated carbocycles. The molecule has 0 bridgehead atoms. The van der Waals surface area contributed by atoms with Gasteiger partial charge in [0.05, 0.1) is 23.6 Å². The summed E-state index contributed by atoms with van der Waals surface area (Å²) in [5.41, 5.74) is 11.9. The van der Waals surface area contributed by atoms with Gasteiger partial charge in [-0.15, -0.1) is 0 Å². The van der Waals surface area contributed by atoms with Gasteiger partial charge in [-0.25, -0.2) is 0 Å². The SMILES string of the molecule is [2H]c1c([2H])c([2H])c(-c2ccc(N(c3cccc(-c4ccc5c(c4)c4ccccc4n5-c4ccc5ccccc5c4)c3)c3cccc(N(c4ccccc4)c4cccc5ccccc45)c3)cc2)c([2H])c1[2H]. The molecule has 65 heavy (non-hydrogen) atoms. The minimum atomic E-state index is -0.413. The van der Waals surface area contributed by atoms with Gasteiger partial charge in [-0.05, 0) is 129 Å². The lowest BCUT2D eigenvalue weighted by molar-refractivity contribution is 1.19. The van der Waals surface area contributed by atoms with Crippen LogP contribution in [0.15, 0.2) is 261 Å². The normalized spacial score (nSPS) is 12.5. The third-order valence-electron chi connectivity index (χ3n) is 12.4. The second kappa shape index (κ2) is 16.2. The van der Waals surface area contributed by atoms with Gasteiger partial charge in [0.1, 0.15) is 0 Å². The molecule has 11 aromatic carbocycles. The number of para-hydroxylation sites is 2. The summed E-state index contributed by atoms with van der Waals surface area (Å²) in [5, 5.41) is 7.01. The lowest BCUT2D eigenvalue weighted by atomic mass is 10.0. The Morgan fingerprint density at radius 1 is 0.308 bits per heavy atom. The quantitative estimate of drug-likeness (QED) is 0.144. The Morgan fingerprint density at radius 2 is 0.892 bits per heavy atom. The van der Waals surface area contributed by atoms with Crippen molar-refractivity contribution in [3.63, 3.8) is 0 Å². The fraction of sp³-hybridized carbons (Fsp3) is 0. The van der Waals surface area contributed by atoms with E-state index >= 15 is 0 Å². The second-order valence-corrected chi connectivity index (χ2v) is 16.2. The van der Waals surface area contributed by atoms with Crippen molar-refractivity contribution in [1.82, 2.24) is 4.57 Å². The van der Waals surface area contributed by atoms with E-state index in [1.165, 1.54) is 16.2 Å². The monoisotopic (exact) mass is 834 g/mol. The summed E-state index contributed by atoms with van der Waals surface area (Å²) in [7, 11) is 0. The van der Waals surface area contributed by atoms with Crippen LogP contribution >= 0.6 is 0 Å². The van der Waals surface area contributed by atoms with Crippen LogP contribution in [0.5, 0.6) is 0 Å². The lowest BCUT2D eigenvalue weighted by Gasteiger charge is -2.30. The van der Waals surface area contributed by atoms with E-state index in [4.69, 9.17) is 6.85 Å². The van der Waals surface area contributed by atoms with E-state index < -0.39 is 6.04 Å². The van der Waals surface area contributed by atoms with Crippen LogP contribution in [-0.2, 0) is 0 Å². The van der Waals surface area contributed by atoms with Gasteiger partial charge in [-0.3, -0.25) is 0 Å². The van der Waals surface area contributed by atoms with Crippen LogP contribution in [0.3, 0.4) is 0 Å². The fourth-order valence-corrected chi connectivity index (χ4v) is 9.37. The predicted octanol–water partition coefficient (Wildman–Crippen LogP) is 17.4. The van der Waals surface area contributed by atoms with Crippen molar-refractivity contribution >= 4 is 77.5 Å². The van der Waals surface area contributed by atoms with Gasteiger partial charge in [0, 0.05) is 50.3 Å². The molecule has 0 unspecified atom stereocenters. The van der Waals surface area contributed by atoms with E-state index in [0.717, 1.165) is 78.1 Å². The minimum Gasteiger partial charge on any atom is -0.310 e. The summed E-state index contributed by atoms with van der Waals surface area (Å²) in [6, 6.07) is 78.9. The first kappa shape index (κ1) is 33.0. The van der Waals surface area contributed by atoms with Crippen molar-refractivity contribution in [2.45, 2.75) is 0 Å². The highest BCUT2D eigenvalue weighted by atomic mass is 15.2. The van der Waals surface area contributed by atoms with Crippen molar-refractivity contribution in [1.29, 1.82) is 0 Å². The molecule has 0 fully saturated rings. The molecule has 0 amide bonds. The maximum Gasteiger partial charge on any atom is 0.0629 e. The largest absolute Gasteiger partial charge is 0.310 e. The lowest BCUT2D eigenvalue weighted by Crippen LogP contribution is -2.13. The van der Waals surface area contributed by atoms with Crippen molar-refractivity contribution in [2.75, 3.05) is 9.80 Å². The highest BCUT2D eigenvalue weighted by molar-refractivity contribution is 6.11. The third kappa shape index (κ3) is 6.97. The molecule has 0 spiro atoms. The van der Waals surface area contributed by atoms with Crippen LogP contribution in [0.2, 0.25) is 0 Å². The molecule has 1 heterocycles. The Kier molecular flexibility index (Phi) is 8.23. The Bertz CT molecular complexity index is 3940. The van der Waals surface area contributed by atoms with E-state index in [1.807, 2.05) is 30.3 Å². The summed E-state index contributed by atoms with van der Waals surface area (Å²) in [5.74, 6) is 0. The molecule has 0 aliphatic carbocycles. The zero-order chi connectivity index (χ0) is 47.5. The smallest absolute Gasteiger partial charge is 0.0629 e. The molecule has 3 nitrogen and oxygen atoms in total. The highest BCUT2D eigenvalue weighted by Crippen LogP contribution is 2.44. The summed E-state index contributed by atoms with van der Waals surface area (Å²) in [6.45, 7) is 0. The van der Waals surface area contributed by atoms with E-state index in [2.05, 4.69) is 215 Å². The average Bonchev–Trinajstić information content (AvgIpc) is 3.74. The number of hydrogen-bond acceptors (Lipinski definition) is 2. The van der Waals surface area contributed by atoms with Gasteiger partial charge in [0.15, 0.2) is 0 Å². The molecule has 12 rings (SSSR count). The standard InChI is InChI=1S/C62H43N3/c1-3-16-44(17-4-1)46-32-36-52(37-33-46)63(54-26-15-27-55(43-54)64(51-23-5-2-6-24-51)60-31-14-21-47-19-9-10-28-57(47)60)53-25-13-22-49(41-53)50-35-39-62-59(42-50)58-29-11-12-30-61(58)65(62)56-38-34-45-18-7-8-20-48(45)40-56/h1-43H/i1D,3D,4D,16D,17D. The van der Waals surface area contributed by atoms with Crippen LogP contribution in [-0.4, -0.2) is 4.57 Å². The number of hydrogen-bond donors (Lipinski definition) is 0. The van der Waals surface area contributed by atoms with Gasteiger partial charge < -0.3 is 14.4 Å². The van der Waals surface area contributed by atoms with E-state index in [0.29, 0.717) is 5.56 Å². The number of aromatic nitrogens is 1. The van der Waals surface area contributed by atoms with Crippen molar-refractivity contribution in [2.24, 2.45) is 0 Å². The van der Waals surface area contributed by atoms with Crippen molar-refractivity contribution in [3.8, 4) is 27.9 Å². The molecule has 3 heteroatoms. The summed E-state index contributed by atoms with van der Waals surface area (Å²) in [6.07, 6.45) is 0. The van der Waals surface area contributed by atoms with Gasteiger partial charge in [-0.2, -0.15) is 0 Å². The first-order valence-corrected chi connectivity index (χ1v) is 21.8. The number of fused-ring (bicyclic) bond motifs is 5. The zero-order valence-electron chi connectivity index (χ0n) is 40.3. The van der Waals surface area contributed by atoms with Crippen LogP contribution in [0.25, 0.3) is 71.3 Å². The number of anilines is 6. The third-order valence-corrected chi connectivity index (χ3v) is 12.4. The topological polar surface area (TPSA) is 11.4 Å². The minimum absolute atomic E-state index is 0.166. The van der Waals surface area contributed by atoms with Crippen LogP contribution in [0.1, 0.15) is 6.85 Å². The molecule has 306 valence electrons. The molecule has 1 aromatic heterocycles.